The molecular formula is C22H24N2O. The Morgan fingerprint density at radius 2 is 1.40 bits per heavy atom. The quantitative estimate of drug-likeness (QED) is 0.591. The zero-order valence-electron chi connectivity index (χ0n) is 15.2. The topological polar surface area (TPSA) is 25.4 Å². The van der Waals surface area contributed by atoms with Crippen molar-refractivity contribution in [2.75, 3.05) is 11.9 Å². The Labute approximate surface area is 149 Å². The number of hydrogen-bond acceptors (Lipinski definition) is 3. The maximum Gasteiger partial charge on any atom is 0.219 e. The fourth-order valence-electron chi connectivity index (χ4n) is 2.60. The van der Waals surface area contributed by atoms with Gasteiger partial charge in [-0.2, -0.15) is 0 Å². The van der Waals surface area contributed by atoms with Crippen LogP contribution in [0.2, 0.25) is 0 Å². The highest BCUT2D eigenvalue weighted by molar-refractivity contribution is 5.63. The van der Waals surface area contributed by atoms with Crippen LogP contribution in [0.4, 0.5) is 11.4 Å². The second kappa shape index (κ2) is 6.98. The molecule has 128 valence electrons. The summed E-state index contributed by atoms with van der Waals surface area (Å²) in [4.78, 5) is 6.34. The minimum atomic E-state index is 0.168. The third-order valence-corrected chi connectivity index (χ3v) is 4.20. The molecule has 0 unspecified atom stereocenters. The van der Waals surface area contributed by atoms with Crippen LogP contribution in [-0.2, 0) is 5.41 Å². The average molecular weight is 332 g/mol. The van der Waals surface area contributed by atoms with E-state index in [9.17, 15) is 0 Å². The molecule has 3 rings (SSSR count). The largest absolute Gasteiger partial charge is 0.439 e. The van der Waals surface area contributed by atoms with E-state index in [1.165, 1.54) is 5.56 Å². The summed E-state index contributed by atoms with van der Waals surface area (Å²) in [5, 5.41) is 0. The molecule has 0 aliphatic carbocycles. The summed E-state index contributed by atoms with van der Waals surface area (Å²) >= 11 is 0. The SMILES string of the molecule is CN(c1ccc(Oc2ccccn2)cc1)c1ccc(C(C)(C)C)cc1. The number of anilines is 2. The van der Waals surface area contributed by atoms with E-state index >= 15 is 0 Å². The summed E-state index contributed by atoms with van der Waals surface area (Å²) in [6.45, 7) is 6.68. The second-order valence-electron chi connectivity index (χ2n) is 7.12. The molecule has 3 heteroatoms. The Morgan fingerprint density at radius 3 is 1.92 bits per heavy atom. The zero-order chi connectivity index (χ0) is 17.9. The number of pyridine rings is 1. The number of ether oxygens (including phenoxy) is 1. The van der Waals surface area contributed by atoms with E-state index in [0.29, 0.717) is 5.88 Å². The molecule has 0 saturated heterocycles. The number of nitrogens with zero attached hydrogens (tertiary/aromatic N) is 2. The summed E-state index contributed by atoms with van der Waals surface area (Å²) in [6, 6.07) is 22.4. The van der Waals surface area contributed by atoms with Crippen LogP contribution in [0.3, 0.4) is 0 Å². The van der Waals surface area contributed by atoms with Crippen molar-refractivity contribution in [2.45, 2.75) is 26.2 Å². The van der Waals surface area contributed by atoms with Gasteiger partial charge >= 0.3 is 0 Å². The van der Waals surface area contributed by atoms with Crippen molar-refractivity contribution in [1.29, 1.82) is 0 Å². The molecule has 0 aliphatic heterocycles. The fourth-order valence-corrected chi connectivity index (χ4v) is 2.60. The first-order valence-electron chi connectivity index (χ1n) is 8.47. The molecule has 0 bridgehead atoms. The summed E-state index contributed by atoms with van der Waals surface area (Å²) in [6.07, 6.45) is 1.72. The maximum absolute atomic E-state index is 5.74. The molecule has 3 aromatic rings. The average Bonchev–Trinajstić information content (AvgIpc) is 2.62. The Balaban J connectivity index is 1.73. The molecule has 0 N–H and O–H groups in total. The highest BCUT2D eigenvalue weighted by atomic mass is 16.5. The van der Waals surface area contributed by atoms with E-state index in [1.54, 1.807) is 6.20 Å². The van der Waals surface area contributed by atoms with Crippen LogP contribution in [0.5, 0.6) is 11.6 Å². The molecule has 1 heterocycles. The van der Waals surface area contributed by atoms with Crippen molar-refractivity contribution >= 4 is 11.4 Å². The van der Waals surface area contributed by atoms with Gasteiger partial charge in [-0.3, -0.25) is 0 Å². The Bertz CT molecular complexity index is 803. The van der Waals surface area contributed by atoms with Gasteiger partial charge in [-0.15, -0.1) is 0 Å². The van der Waals surface area contributed by atoms with Gasteiger partial charge in [-0.05, 0) is 53.4 Å². The van der Waals surface area contributed by atoms with Crippen molar-refractivity contribution in [3.63, 3.8) is 0 Å². The van der Waals surface area contributed by atoms with E-state index in [0.717, 1.165) is 17.1 Å². The lowest BCUT2D eigenvalue weighted by Crippen LogP contribution is -2.12. The summed E-state index contributed by atoms with van der Waals surface area (Å²) in [5.41, 5.74) is 3.77. The molecule has 1 aromatic heterocycles. The van der Waals surface area contributed by atoms with Crippen LogP contribution in [0, 0.1) is 0 Å². The Kier molecular flexibility index (Phi) is 4.75. The molecule has 0 aliphatic rings. The van der Waals surface area contributed by atoms with Gasteiger partial charge < -0.3 is 9.64 Å². The van der Waals surface area contributed by atoms with Crippen molar-refractivity contribution in [3.05, 3.63) is 78.5 Å². The first kappa shape index (κ1) is 17.0. The summed E-state index contributed by atoms with van der Waals surface area (Å²) in [5.74, 6) is 1.38. The van der Waals surface area contributed by atoms with Gasteiger partial charge in [-0.25, -0.2) is 4.98 Å². The second-order valence-corrected chi connectivity index (χ2v) is 7.12. The fraction of sp³-hybridized carbons (Fsp3) is 0.227. The van der Waals surface area contributed by atoms with Gasteiger partial charge in [0.1, 0.15) is 5.75 Å². The van der Waals surface area contributed by atoms with Crippen molar-refractivity contribution in [3.8, 4) is 11.6 Å². The van der Waals surface area contributed by atoms with Gasteiger partial charge in [0, 0.05) is 30.7 Å². The molecule has 0 atom stereocenters. The number of rotatable bonds is 4. The molecule has 0 amide bonds. The standard InChI is InChI=1S/C22H24N2O/c1-22(2,3)17-8-10-18(11-9-17)24(4)19-12-14-20(15-13-19)25-21-7-5-6-16-23-21/h5-16H,1-4H3. The Morgan fingerprint density at radius 1 is 0.800 bits per heavy atom. The van der Waals surface area contributed by atoms with Crippen molar-refractivity contribution in [2.24, 2.45) is 0 Å². The van der Waals surface area contributed by atoms with Gasteiger partial charge in [0.2, 0.25) is 5.88 Å². The molecule has 25 heavy (non-hydrogen) atoms. The highest BCUT2D eigenvalue weighted by Gasteiger charge is 2.13. The maximum atomic E-state index is 5.74. The van der Waals surface area contributed by atoms with Gasteiger partial charge in [0.25, 0.3) is 0 Å². The molecule has 3 nitrogen and oxygen atoms in total. The van der Waals surface area contributed by atoms with Crippen LogP contribution in [0.15, 0.2) is 72.9 Å². The first-order valence-corrected chi connectivity index (χ1v) is 8.47. The van der Waals surface area contributed by atoms with Crippen LogP contribution in [0.1, 0.15) is 26.3 Å². The lowest BCUT2D eigenvalue weighted by Gasteiger charge is -2.23. The van der Waals surface area contributed by atoms with Crippen molar-refractivity contribution < 1.29 is 4.74 Å². The lowest BCUT2D eigenvalue weighted by molar-refractivity contribution is 0.463. The number of hydrogen-bond donors (Lipinski definition) is 0. The molecule has 0 spiro atoms. The number of benzene rings is 2. The van der Waals surface area contributed by atoms with Gasteiger partial charge in [0.05, 0.1) is 0 Å². The molecular weight excluding hydrogens is 308 g/mol. The normalized spacial score (nSPS) is 11.2. The van der Waals surface area contributed by atoms with E-state index in [-0.39, 0.29) is 5.41 Å². The summed E-state index contributed by atoms with van der Waals surface area (Å²) in [7, 11) is 2.07. The predicted molar refractivity (Wildman–Crippen MR) is 104 cm³/mol. The smallest absolute Gasteiger partial charge is 0.219 e. The lowest BCUT2D eigenvalue weighted by atomic mass is 9.87. The van der Waals surface area contributed by atoms with Gasteiger partial charge in [-0.1, -0.05) is 39.0 Å². The molecule has 0 radical (unpaired) electrons. The summed E-state index contributed by atoms with van der Waals surface area (Å²) < 4.78 is 5.74. The third-order valence-electron chi connectivity index (χ3n) is 4.20. The minimum absolute atomic E-state index is 0.168. The van der Waals surface area contributed by atoms with E-state index in [1.807, 2.05) is 30.3 Å². The van der Waals surface area contributed by atoms with Gasteiger partial charge in [0.15, 0.2) is 0 Å². The zero-order valence-corrected chi connectivity index (χ0v) is 15.2. The Hall–Kier alpha value is -2.81. The molecule has 2 aromatic carbocycles. The molecule has 0 saturated carbocycles. The predicted octanol–water partition coefficient (Wildman–Crippen LogP) is 5.94. The van der Waals surface area contributed by atoms with Crippen LogP contribution >= 0.6 is 0 Å². The van der Waals surface area contributed by atoms with Crippen molar-refractivity contribution in [1.82, 2.24) is 4.98 Å². The van der Waals surface area contributed by atoms with E-state index in [4.69, 9.17) is 4.74 Å². The van der Waals surface area contributed by atoms with Crippen LogP contribution in [0.25, 0.3) is 0 Å². The number of aromatic nitrogens is 1. The van der Waals surface area contributed by atoms with Crippen LogP contribution < -0.4 is 9.64 Å². The highest BCUT2D eigenvalue weighted by Crippen LogP contribution is 2.29. The minimum Gasteiger partial charge on any atom is -0.439 e. The van der Waals surface area contributed by atoms with E-state index < -0.39 is 0 Å². The molecule has 0 fully saturated rings. The van der Waals surface area contributed by atoms with Crippen LogP contribution in [-0.4, -0.2) is 12.0 Å². The monoisotopic (exact) mass is 332 g/mol. The van der Waals surface area contributed by atoms with E-state index in [2.05, 4.69) is 74.1 Å². The third kappa shape index (κ3) is 4.18. The first-order chi connectivity index (χ1) is 11.9.